The lowest BCUT2D eigenvalue weighted by Gasteiger charge is -2.38. The van der Waals surface area contributed by atoms with E-state index in [1.165, 1.54) is 4.90 Å². The lowest BCUT2D eigenvalue weighted by atomic mass is 9.64. The SMILES string of the molecule is Cc1ccc(N2C(=O)[C@@H]3[C@@H]4C(=O)Oc5cc(C)ccc5C4=C[C@@H](c4ccc5c(c4)OCO5)[C@H]3C2=O)c(C)c1. The Hall–Kier alpha value is -4.39. The number of anilines is 1. The van der Waals surface area contributed by atoms with Gasteiger partial charge in [-0.3, -0.25) is 14.4 Å². The van der Waals surface area contributed by atoms with E-state index < -0.39 is 29.6 Å². The first-order chi connectivity index (χ1) is 18.3. The largest absolute Gasteiger partial charge is 0.454 e. The van der Waals surface area contributed by atoms with Crippen molar-refractivity contribution in [3.8, 4) is 17.2 Å². The topological polar surface area (TPSA) is 82.1 Å². The molecule has 0 saturated carbocycles. The zero-order valence-corrected chi connectivity index (χ0v) is 21.2. The number of ether oxygens (including phenoxy) is 3. The van der Waals surface area contributed by atoms with Crippen molar-refractivity contribution in [1.82, 2.24) is 0 Å². The maximum atomic E-state index is 14.1. The van der Waals surface area contributed by atoms with Crippen LogP contribution >= 0.6 is 0 Å². The van der Waals surface area contributed by atoms with E-state index in [9.17, 15) is 14.4 Å². The summed E-state index contributed by atoms with van der Waals surface area (Å²) in [6, 6.07) is 17.0. The minimum Gasteiger partial charge on any atom is -0.454 e. The van der Waals surface area contributed by atoms with E-state index in [1.54, 1.807) is 6.07 Å². The van der Waals surface area contributed by atoms with Crippen molar-refractivity contribution in [3.05, 3.63) is 88.5 Å². The molecule has 3 heterocycles. The van der Waals surface area contributed by atoms with Gasteiger partial charge in [0.2, 0.25) is 18.6 Å². The highest BCUT2D eigenvalue weighted by molar-refractivity contribution is 6.25. The molecular weight excluding hydrogens is 482 g/mol. The summed E-state index contributed by atoms with van der Waals surface area (Å²) in [6.45, 7) is 5.92. The number of carbonyl (C=O) groups excluding carboxylic acids is 3. The molecule has 1 fully saturated rings. The van der Waals surface area contributed by atoms with Gasteiger partial charge in [0.25, 0.3) is 0 Å². The van der Waals surface area contributed by atoms with Crippen molar-refractivity contribution >= 4 is 29.0 Å². The molecule has 0 N–H and O–H groups in total. The monoisotopic (exact) mass is 507 g/mol. The molecule has 0 unspecified atom stereocenters. The quantitative estimate of drug-likeness (QED) is 0.280. The Bertz CT molecular complexity index is 1600. The number of carbonyl (C=O) groups is 3. The van der Waals surface area contributed by atoms with Gasteiger partial charge in [-0.05, 0) is 67.3 Å². The second kappa shape index (κ2) is 8.05. The number of imide groups is 1. The highest BCUT2D eigenvalue weighted by atomic mass is 16.7. The average molecular weight is 508 g/mol. The van der Waals surface area contributed by atoms with Gasteiger partial charge >= 0.3 is 5.97 Å². The number of benzene rings is 3. The molecule has 3 aromatic rings. The molecule has 2 amide bonds. The molecule has 3 aromatic carbocycles. The van der Waals surface area contributed by atoms with Crippen LogP contribution in [0.1, 0.15) is 33.7 Å². The Balaban J connectivity index is 1.43. The lowest BCUT2D eigenvalue weighted by molar-refractivity contribution is -0.142. The Kier molecular flexibility index (Phi) is 4.83. The van der Waals surface area contributed by atoms with Crippen LogP contribution in [0, 0.1) is 38.5 Å². The van der Waals surface area contributed by atoms with Crippen LogP contribution in [-0.2, 0) is 14.4 Å². The van der Waals surface area contributed by atoms with Crippen LogP contribution < -0.4 is 19.1 Å². The normalized spacial score (nSPS) is 25.0. The first kappa shape index (κ1) is 22.8. The molecule has 7 rings (SSSR count). The zero-order chi connectivity index (χ0) is 26.3. The van der Waals surface area contributed by atoms with Gasteiger partial charge in [0.1, 0.15) is 5.75 Å². The minimum absolute atomic E-state index is 0.134. The predicted molar refractivity (Wildman–Crippen MR) is 139 cm³/mol. The summed E-state index contributed by atoms with van der Waals surface area (Å²) >= 11 is 0. The van der Waals surface area contributed by atoms with E-state index in [0.29, 0.717) is 22.9 Å². The van der Waals surface area contributed by atoms with E-state index in [0.717, 1.165) is 33.4 Å². The molecule has 38 heavy (non-hydrogen) atoms. The van der Waals surface area contributed by atoms with Crippen molar-refractivity contribution < 1.29 is 28.6 Å². The molecule has 0 radical (unpaired) electrons. The first-order valence-corrected chi connectivity index (χ1v) is 12.7. The predicted octanol–water partition coefficient (Wildman–Crippen LogP) is 4.86. The maximum absolute atomic E-state index is 14.1. The molecule has 4 aliphatic rings. The smallest absolute Gasteiger partial charge is 0.319 e. The standard InChI is InChI=1S/C31H25NO6/c1-15-5-8-22(17(3)10-15)32-29(33)26-20(18-6-9-23-25(12-18)37-14-36-23)13-21-19-7-4-16(2)11-24(19)38-31(35)27(21)28(26)30(32)34/h4-13,20,26-28H,14H2,1-3H3/t20-,26+,27+,28-/m0/s1. The lowest BCUT2D eigenvalue weighted by Crippen LogP contribution is -2.42. The minimum atomic E-state index is -0.888. The fraction of sp³-hybridized carbons (Fsp3) is 0.258. The molecule has 7 heteroatoms. The fourth-order valence-corrected chi connectivity index (χ4v) is 6.41. The Morgan fingerprint density at radius 3 is 2.32 bits per heavy atom. The number of amides is 2. The van der Waals surface area contributed by atoms with E-state index in [-0.39, 0.29) is 18.6 Å². The summed E-state index contributed by atoms with van der Waals surface area (Å²) in [5.74, 6) is -2.45. The van der Waals surface area contributed by atoms with Crippen LogP contribution in [0.5, 0.6) is 17.2 Å². The van der Waals surface area contributed by atoms with Crippen molar-refractivity contribution in [2.45, 2.75) is 26.7 Å². The van der Waals surface area contributed by atoms with Crippen LogP contribution in [-0.4, -0.2) is 24.6 Å². The second-order valence-corrected chi connectivity index (χ2v) is 10.5. The highest BCUT2D eigenvalue weighted by Crippen LogP contribution is 2.55. The Morgan fingerprint density at radius 1 is 0.763 bits per heavy atom. The second-order valence-electron chi connectivity index (χ2n) is 10.5. The van der Waals surface area contributed by atoms with Gasteiger partial charge in [-0.2, -0.15) is 0 Å². The third-order valence-corrected chi connectivity index (χ3v) is 8.13. The molecule has 3 aliphatic heterocycles. The summed E-state index contributed by atoms with van der Waals surface area (Å²) in [5, 5.41) is 0. The van der Waals surface area contributed by atoms with E-state index in [2.05, 4.69) is 0 Å². The third kappa shape index (κ3) is 3.17. The molecule has 0 bridgehead atoms. The van der Waals surface area contributed by atoms with Crippen molar-refractivity contribution in [2.24, 2.45) is 17.8 Å². The number of esters is 1. The number of rotatable bonds is 2. The molecule has 1 aliphatic carbocycles. The molecule has 4 atom stereocenters. The summed E-state index contributed by atoms with van der Waals surface area (Å²) < 4.78 is 16.9. The number of allylic oxidation sites excluding steroid dienone is 1. The zero-order valence-electron chi connectivity index (χ0n) is 21.2. The van der Waals surface area contributed by atoms with Gasteiger partial charge in [-0.15, -0.1) is 0 Å². The van der Waals surface area contributed by atoms with Crippen LogP contribution in [0.3, 0.4) is 0 Å². The van der Waals surface area contributed by atoms with Gasteiger partial charge in [0, 0.05) is 11.5 Å². The van der Waals surface area contributed by atoms with Crippen LogP contribution in [0.15, 0.2) is 60.7 Å². The van der Waals surface area contributed by atoms with E-state index in [1.807, 2.05) is 75.4 Å². The number of aryl methyl sites for hydroxylation is 3. The van der Waals surface area contributed by atoms with Crippen molar-refractivity contribution in [2.75, 3.05) is 11.7 Å². The summed E-state index contributed by atoms with van der Waals surface area (Å²) in [5.41, 5.74) is 5.69. The Morgan fingerprint density at radius 2 is 1.50 bits per heavy atom. The number of nitrogens with zero attached hydrogens (tertiary/aromatic N) is 1. The van der Waals surface area contributed by atoms with Crippen LogP contribution in [0.4, 0.5) is 5.69 Å². The van der Waals surface area contributed by atoms with Gasteiger partial charge in [-0.25, -0.2) is 4.90 Å². The highest BCUT2D eigenvalue weighted by Gasteiger charge is 2.60. The third-order valence-electron chi connectivity index (χ3n) is 8.13. The number of hydrogen-bond acceptors (Lipinski definition) is 6. The van der Waals surface area contributed by atoms with Crippen LogP contribution in [0.2, 0.25) is 0 Å². The Labute approximate surface area is 219 Å². The molecule has 190 valence electrons. The van der Waals surface area contributed by atoms with Crippen molar-refractivity contribution in [3.63, 3.8) is 0 Å². The van der Waals surface area contributed by atoms with Gasteiger partial charge in [-0.1, -0.05) is 42.0 Å². The van der Waals surface area contributed by atoms with Gasteiger partial charge in [0.05, 0.1) is 23.4 Å². The van der Waals surface area contributed by atoms with E-state index in [4.69, 9.17) is 14.2 Å². The summed E-state index contributed by atoms with van der Waals surface area (Å²) in [4.78, 5) is 43.0. The average Bonchev–Trinajstić information content (AvgIpc) is 3.46. The summed E-state index contributed by atoms with van der Waals surface area (Å²) in [7, 11) is 0. The van der Waals surface area contributed by atoms with Crippen LogP contribution in [0.25, 0.3) is 5.57 Å². The van der Waals surface area contributed by atoms with Gasteiger partial charge in [0.15, 0.2) is 11.5 Å². The summed E-state index contributed by atoms with van der Waals surface area (Å²) in [6.07, 6.45) is 1.98. The fourth-order valence-electron chi connectivity index (χ4n) is 6.41. The van der Waals surface area contributed by atoms with Gasteiger partial charge < -0.3 is 14.2 Å². The molecule has 0 aromatic heterocycles. The molecule has 7 nitrogen and oxygen atoms in total. The first-order valence-electron chi connectivity index (χ1n) is 12.7. The molecular formula is C31H25NO6. The molecule has 1 saturated heterocycles. The number of fused-ring (bicyclic) bond motifs is 6. The molecule has 0 spiro atoms. The van der Waals surface area contributed by atoms with Crippen molar-refractivity contribution in [1.29, 1.82) is 0 Å². The maximum Gasteiger partial charge on any atom is 0.319 e. The van der Waals surface area contributed by atoms with E-state index >= 15 is 0 Å². The number of hydrogen-bond donors (Lipinski definition) is 0.